The summed E-state index contributed by atoms with van der Waals surface area (Å²) in [5.74, 6) is 2.17. The van der Waals surface area contributed by atoms with Crippen LogP contribution in [-0.2, 0) is 16.6 Å². The maximum absolute atomic E-state index is 13.6. The molecule has 7 heteroatoms. The van der Waals surface area contributed by atoms with Gasteiger partial charge in [-0.15, -0.1) is 0 Å². The molecular weight excluding hydrogens is 492 g/mol. The molecule has 0 N–H and O–H groups in total. The number of rotatable bonds is 2. The molecule has 6 atom stereocenters. The third kappa shape index (κ3) is 3.40. The van der Waals surface area contributed by atoms with Crippen LogP contribution in [0.1, 0.15) is 57.6 Å². The molecule has 0 aromatic heterocycles. The molecule has 2 heterocycles. The summed E-state index contributed by atoms with van der Waals surface area (Å²) in [5.41, 5.74) is 2.03. The van der Waals surface area contributed by atoms with Gasteiger partial charge in [-0.1, -0.05) is 24.3 Å². The summed E-state index contributed by atoms with van der Waals surface area (Å²) in [5, 5.41) is 0. The van der Waals surface area contributed by atoms with Crippen molar-refractivity contribution in [1.29, 1.82) is 0 Å². The molecule has 3 aliphatic carbocycles. The van der Waals surface area contributed by atoms with E-state index in [0.29, 0.717) is 30.7 Å². The monoisotopic (exact) mass is 530 g/mol. The first-order chi connectivity index (χ1) is 18.7. The molecule has 7 rings (SSSR count). The maximum atomic E-state index is 13.6. The number of carbonyl (C=O) groups is 2. The lowest BCUT2D eigenvalue weighted by molar-refractivity contribution is -0.101. The van der Waals surface area contributed by atoms with Crippen molar-refractivity contribution in [3.63, 3.8) is 0 Å². The zero-order valence-electron chi connectivity index (χ0n) is 23.3. The number of piperidine rings is 1. The predicted molar refractivity (Wildman–Crippen MR) is 146 cm³/mol. The summed E-state index contributed by atoms with van der Waals surface area (Å²) in [6.45, 7) is 7.20. The van der Waals surface area contributed by atoms with E-state index in [4.69, 9.17) is 14.2 Å². The fraction of sp³-hybridized carbons (Fsp3) is 0.562. The van der Waals surface area contributed by atoms with E-state index >= 15 is 0 Å². The van der Waals surface area contributed by atoms with Gasteiger partial charge in [-0.3, -0.25) is 0 Å². The molecule has 7 nitrogen and oxygen atoms in total. The summed E-state index contributed by atoms with van der Waals surface area (Å²) in [4.78, 5) is 31.1. The molecule has 2 amide bonds. The molecule has 2 saturated heterocycles. The molecule has 39 heavy (non-hydrogen) atoms. The number of carbonyl (C=O) groups excluding carboxylic acids is 2. The van der Waals surface area contributed by atoms with Gasteiger partial charge >= 0.3 is 12.2 Å². The van der Waals surface area contributed by atoms with E-state index < -0.39 is 5.60 Å². The van der Waals surface area contributed by atoms with Crippen LogP contribution in [-0.4, -0.2) is 59.9 Å². The highest BCUT2D eigenvalue weighted by molar-refractivity contribution is 5.73. The van der Waals surface area contributed by atoms with Crippen molar-refractivity contribution < 1.29 is 23.8 Å². The predicted octanol–water partition coefficient (Wildman–Crippen LogP) is 5.80. The summed E-state index contributed by atoms with van der Waals surface area (Å²) in [7, 11) is 1.73. The molecule has 0 spiro atoms. The van der Waals surface area contributed by atoms with E-state index in [-0.39, 0.29) is 35.1 Å². The number of fused-ring (bicyclic) bond motifs is 1. The highest BCUT2D eigenvalue weighted by atomic mass is 16.6. The van der Waals surface area contributed by atoms with Crippen molar-refractivity contribution in [2.24, 2.45) is 17.3 Å². The van der Waals surface area contributed by atoms with Crippen LogP contribution in [0.5, 0.6) is 11.5 Å². The first kappa shape index (κ1) is 24.8. The number of amides is 2. The van der Waals surface area contributed by atoms with Crippen LogP contribution in [0, 0.1) is 17.3 Å². The lowest BCUT2D eigenvalue weighted by Gasteiger charge is -2.66. The number of nitrogens with zero attached hydrogens (tertiary/aromatic N) is 2. The van der Waals surface area contributed by atoms with E-state index in [9.17, 15) is 9.59 Å². The number of hydrogen-bond acceptors (Lipinski definition) is 5. The average Bonchev–Trinajstić information content (AvgIpc) is 3.35. The molecule has 2 aliphatic heterocycles. The quantitative estimate of drug-likeness (QED) is 0.491. The average molecular weight is 531 g/mol. The van der Waals surface area contributed by atoms with Crippen molar-refractivity contribution >= 4 is 12.2 Å². The fourth-order valence-electron chi connectivity index (χ4n) is 9.52. The van der Waals surface area contributed by atoms with Gasteiger partial charge < -0.3 is 24.0 Å². The van der Waals surface area contributed by atoms with E-state index in [0.717, 1.165) is 37.9 Å². The van der Waals surface area contributed by atoms with Crippen LogP contribution in [0.2, 0.25) is 0 Å². The Morgan fingerprint density at radius 3 is 2.51 bits per heavy atom. The summed E-state index contributed by atoms with van der Waals surface area (Å²) in [6.07, 6.45) is 4.22. The van der Waals surface area contributed by atoms with Crippen molar-refractivity contribution in [3.8, 4) is 11.5 Å². The zero-order chi connectivity index (χ0) is 27.2. The smallest absolute Gasteiger partial charge is 0.415 e. The molecule has 4 fully saturated rings. The Kier molecular flexibility index (Phi) is 5.33. The van der Waals surface area contributed by atoms with E-state index in [2.05, 4.69) is 17.0 Å². The molecule has 2 unspecified atom stereocenters. The second-order valence-electron chi connectivity index (χ2n) is 13.2. The largest absolute Gasteiger partial charge is 0.497 e. The van der Waals surface area contributed by atoms with Crippen molar-refractivity contribution in [1.82, 2.24) is 9.80 Å². The van der Waals surface area contributed by atoms with Crippen LogP contribution >= 0.6 is 0 Å². The van der Waals surface area contributed by atoms with Gasteiger partial charge in [-0.05, 0) is 100 Å². The van der Waals surface area contributed by atoms with Gasteiger partial charge in [0.05, 0.1) is 7.11 Å². The number of para-hydroxylation sites is 1. The van der Waals surface area contributed by atoms with Crippen LogP contribution < -0.4 is 9.47 Å². The van der Waals surface area contributed by atoms with E-state index in [1.165, 1.54) is 11.1 Å². The number of benzene rings is 2. The van der Waals surface area contributed by atoms with Gasteiger partial charge in [0, 0.05) is 36.0 Å². The van der Waals surface area contributed by atoms with Crippen LogP contribution in [0.25, 0.3) is 0 Å². The lowest BCUT2D eigenvalue weighted by Crippen LogP contribution is -2.70. The first-order valence-corrected chi connectivity index (χ1v) is 14.4. The molecule has 0 radical (unpaired) electrons. The third-order valence-electron chi connectivity index (χ3n) is 10.5. The van der Waals surface area contributed by atoms with Gasteiger partial charge in [0.2, 0.25) is 0 Å². The van der Waals surface area contributed by atoms with Crippen molar-refractivity contribution in [2.75, 3.05) is 20.2 Å². The van der Waals surface area contributed by atoms with Crippen molar-refractivity contribution in [3.05, 3.63) is 59.7 Å². The summed E-state index contributed by atoms with van der Waals surface area (Å²) >= 11 is 0. The Labute approximate surface area is 230 Å². The van der Waals surface area contributed by atoms with E-state index in [1.807, 2.05) is 62.1 Å². The zero-order valence-corrected chi connectivity index (χ0v) is 23.3. The Hall–Kier alpha value is -3.22. The Morgan fingerprint density at radius 1 is 0.974 bits per heavy atom. The number of ether oxygens (including phenoxy) is 3. The number of methoxy groups -OCH3 is 1. The topological polar surface area (TPSA) is 68.3 Å². The molecule has 2 saturated carbocycles. The van der Waals surface area contributed by atoms with Gasteiger partial charge in [0.1, 0.15) is 17.1 Å². The minimum Gasteiger partial charge on any atom is -0.497 e. The molecule has 2 aromatic carbocycles. The third-order valence-corrected chi connectivity index (χ3v) is 10.5. The Balaban J connectivity index is 1.29. The second-order valence-corrected chi connectivity index (χ2v) is 13.2. The van der Waals surface area contributed by atoms with Crippen LogP contribution in [0.3, 0.4) is 0 Å². The van der Waals surface area contributed by atoms with Crippen LogP contribution in [0.4, 0.5) is 9.59 Å². The first-order valence-electron chi connectivity index (χ1n) is 14.4. The Bertz CT molecular complexity index is 1320. The van der Waals surface area contributed by atoms with E-state index in [1.54, 1.807) is 7.11 Å². The lowest BCUT2D eigenvalue weighted by atomic mass is 9.43. The fourth-order valence-corrected chi connectivity index (χ4v) is 9.52. The SMILES string of the molecule is COc1ccc2c(c1)[C@]13CCN(C(=O)OC(C)(C)C)[C@H](C2)[C@]12CCC1C3[C@@H](CN1C(=O)Oc1ccccc1)C2. The highest BCUT2D eigenvalue weighted by Crippen LogP contribution is 2.75. The van der Waals surface area contributed by atoms with Gasteiger partial charge in [0.25, 0.3) is 0 Å². The highest BCUT2D eigenvalue weighted by Gasteiger charge is 2.77. The molecule has 206 valence electrons. The van der Waals surface area contributed by atoms with Gasteiger partial charge in [-0.2, -0.15) is 0 Å². The van der Waals surface area contributed by atoms with Crippen LogP contribution in [0.15, 0.2) is 48.5 Å². The number of hydrogen-bond donors (Lipinski definition) is 0. The number of likely N-dealkylation sites (tertiary alicyclic amines) is 2. The van der Waals surface area contributed by atoms with Gasteiger partial charge in [0.15, 0.2) is 0 Å². The summed E-state index contributed by atoms with van der Waals surface area (Å²) in [6, 6.07) is 16.1. The minimum atomic E-state index is -0.535. The summed E-state index contributed by atoms with van der Waals surface area (Å²) < 4.78 is 17.5. The van der Waals surface area contributed by atoms with Crippen molar-refractivity contribution in [2.45, 2.75) is 76.0 Å². The van der Waals surface area contributed by atoms with Gasteiger partial charge in [-0.25, -0.2) is 9.59 Å². The molecule has 4 bridgehead atoms. The second kappa shape index (κ2) is 8.39. The Morgan fingerprint density at radius 2 is 1.77 bits per heavy atom. The maximum Gasteiger partial charge on any atom is 0.415 e. The molecular formula is C32H38N2O5. The standard InChI is InChI=1S/C32H38N2O5/c1-30(2,3)39-29(36)33-15-14-32-24-17-23(37-4)11-10-20(24)16-26(33)31(32)13-12-25-27(32)21(18-31)19-34(25)28(35)38-22-8-6-5-7-9-22/h5-11,17,21,25-27H,12-16,18-19H2,1-4H3/t21-,25?,26-,27?,31-,32+/m1/s1. The molecule has 5 aliphatic rings. The molecule has 2 aromatic rings. The minimum absolute atomic E-state index is 0.0250. The normalized spacial score (nSPS) is 33.7.